The van der Waals surface area contributed by atoms with Crippen molar-refractivity contribution in [2.45, 2.75) is 37.7 Å². The highest BCUT2D eigenvalue weighted by atomic mass is 32.2. The minimum atomic E-state index is -3.81. The highest BCUT2D eigenvalue weighted by molar-refractivity contribution is 7.92. The summed E-state index contributed by atoms with van der Waals surface area (Å²) in [6, 6.07) is 12.6. The molecule has 152 valence electrons. The fourth-order valence-corrected chi connectivity index (χ4v) is 4.73. The predicted octanol–water partition coefficient (Wildman–Crippen LogP) is 3.64. The second kappa shape index (κ2) is 7.96. The number of aryl methyl sites for hydroxylation is 2. The minimum Gasteiger partial charge on any atom is -0.376 e. The third kappa shape index (κ3) is 4.33. The molecule has 2 heterocycles. The Hall–Kier alpha value is -2.71. The number of ether oxygens (including phenoxy) is 1. The maximum atomic E-state index is 13.1. The van der Waals surface area contributed by atoms with Crippen molar-refractivity contribution in [2.24, 2.45) is 0 Å². The molecule has 4 rings (SSSR count). The van der Waals surface area contributed by atoms with E-state index in [0.29, 0.717) is 29.0 Å². The van der Waals surface area contributed by atoms with Crippen molar-refractivity contribution in [3.63, 3.8) is 0 Å². The van der Waals surface area contributed by atoms with Crippen molar-refractivity contribution in [3.05, 3.63) is 53.6 Å². The van der Waals surface area contributed by atoms with Gasteiger partial charge in [-0.2, -0.15) is 0 Å². The summed E-state index contributed by atoms with van der Waals surface area (Å²) in [6.45, 7) is 5.01. The summed E-state index contributed by atoms with van der Waals surface area (Å²) < 4.78 is 34.4. The Morgan fingerprint density at radius 3 is 2.45 bits per heavy atom. The summed E-state index contributed by atoms with van der Waals surface area (Å²) in [7, 11) is -3.81. The number of hydrogen-bond acceptors (Lipinski definition) is 6. The summed E-state index contributed by atoms with van der Waals surface area (Å²) >= 11 is 0. The van der Waals surface area contributed by atoms with E-state index in [0.717, 1.165) is 25.0 Å². The summed E-state index contributed by atoms with van der Waals surface area (Å²) in [5.41, 5.74) is 3.00. The second-order valence-electron chi connectivity index (χ2n) is 7.30. The molecule has 2 aromatic carbocycles. The van der Waals surface area contributed by atoms with Gasteiger partial charge in [0.1, 0.15) is 0 Å². The second-order valence-corrected chi connectivity index (χ2v) is 8.95. The fraction of sp³-hybridized carbons (Fsp3) is 0.333. The summed E-state index contributed by atoms with van der Waals surface area (Å²) in [6.07, 6.45) is 2.09. The van der Waals surface area contributed by atoms with E-state index in [2.05, 4.69) is 20.0 Å². The molecule has 2 N–H and O–H groups in total. The third-order valence-corrected chi connectivity index (χ3v) is 6.44. The SMILES string of the molecule is Cc1ccc(S(=O)(=O)Nc2nc3ccccc3nc2NC[C@@H]2CCCO2)c(C)c1. The minimum absolute atomic E-state index is 0.0899. The Kier molecular flexibility index (Phi) is 5.38. The largest absolute Gasteiger partial charge is 0.376 e. The van der Waals surface area contributed by atoms with Crippen molar-refractivity contribution >= 4 is 32.7 Å². The average molecular weight is 413 g/mol. The zero-order valence-electron chi connectivity index (χ0n) is 16.5. The zero-order valence-corrected chi connectivity index (χ0v) is 17.3. The van der Waals surface area contributed by atoms with Gasteiger partial charge < -0.3 is 10.1 Å². The van der Waals surface area contributed by atoms with Crippen LogP contribution in [0.25, 0.3) is 11.0 Å². The Bertz CT molecular complexity index is 1140. The highest BCUT2D eigenvalue weighted by Gasteiger charge is 2.22. The summed E-state index contributed by atoms with van der Waals surface area (Å²) in [5.74, 6) is 0.578. The lowest BCUT2D eigenvalue weighted by atomic mass is 10.2. The van der Waals surface area contributed by atoms with Gasteiger partial charge in [0.05, 0.1) is 22.0 Å². The normalized spacial score (nSPS) is 16.8. The van der Waals surface area contributed by atoms with Gasteiger partial charge in [0.2, 0.25) is 0 Å². The van der Waals surface area contributed by atoms with Crippen LogP contribution in [0.2, 0.25) is 0 Å². The first-order valence-corrected chi connectivity index (χ1v) is 11.1. The number of para-hydroxylation sites is 2. The van der Waals surface area contributed by atoms with E-state index < -0.39 is 10.0 Å². The standard InChI is InChI=1S/C21H24N4O3S/c1-14-9-10-19(15(2)12-14)29(26,27)25-21-20(22-13-16-6-5-11-28-16)23-17-7-3-4-8-18(17)24-21/h3-4,7-10,12,16H,5-6,11,13H2,1-2H3,(H,22,23)(H,24,25)/t16-/m0/s1. The third-order valence-electron chi connectivity index (χ3n) is 4.94. The van der Waals surface area contributed by atoms with E-state index in [-0.39, 0.29) is 16.8 Å². The quantitative estimate of drug-likeness (QED) is 0.642. The molecule has 1 aromatic heterocycles. The van der Waals surface area contributed by atoms with Gasteiger partial charge >= 0.3 is 0 Å². The first-order chi connectivity index (χ1) is 13.9. The first-order valence-electron chi connectivity index (χ1n) is 9.65. The molecule has 1 atom stereocenters. The van der Waals surface area contributed by atoms with Gasteiger partial charge in [-0.3, -0.25) is 4.72 Å². The molecule has 0 unspecified atom stereocenters. The van der Waals surface area contributed by atoms with Gasteiger partial charge in [0, 0.05) is 13.2 Å². The van der Waals surface area contributed by atoms with Crippen molar-refractivity contribution in [3.8, 4) is 0 Å². The number of fused-ring (bicyclic) bond motifs is 1. The van der Waals surface area contributed by atoms with Gasteiger partial charge in [-0.1, -0.05) is 29.8 Å². The predicted molar refractivity (Wildman–Crippen MR) is 114 cm³/mol. The first kappa shape index (κ1) is 19.6. The maximum Gasteiger partial charge on any atom is 0.263 e. The zero-order chi connectivity index (χ0) is 20.4. The molecular formula is C21H24N4O3S. The fourth-order valence-electron chi connectivity index (χ4n) is 3.49. The molecule has 0 aliphatic carbocycles. The number of aromatic nitrogens is 2. The van der Waals surface area contributed by atoms with Gasteiger partial charge in [-0.15, -0.1) is 0 Å². The Morgan fingerprint density at radius 1 is 1.07 bits per heavy atom. The topological polar surface area (TPSA) is 93.2 Å². The van der Waals surface area contributed by atoms with Gasteiger partial charge in [-0.25, -0.2) is 18.4 Å². The molecule has 0 bridgehead atoms. The van der Waals surface area contributed by atoms with Crippen LogP contribution in [0.3, 0.4) is 0 Å². The van der Waals surface area contributed by atoms with Crippen molar-refractivity contribution in [1.82, 2.24) is 9.97 Å². The van der Waals surface area contributed by atoms with Gasteiger partial charge in [0.15, 0.2) is 11.6 Å². The highest BCUT2D eigenvalue weighted by Crippen LogP contribution is 2.26. The summed E-state index contributed by atoms with van der Waals surface area (Å²) in [4.78, 5) is 9.34. The van der Waals surface area contributed by atoms with Crippen LogP contribution in [0, 0.1) is 13.8 Å². The monoisotopic (exact) mass is 412 g/mol. The van der Waals surface area contributed by atoms with Crippen LogP contribution in [-0.4, -0.2) is 37.6 Å². The molecule has 0 spiro atoms. The van der Waals surface area contributed by atoms with Crippen molar-refractivity contribution in [2.75, 3.05) is 23.2 Å². The maximum absolute atomic E-state index is 13.1. The van der Waals surface area contributed by atoms with Crippen LogP contribution >= 0.6 is 0 Å². The van der Waals surface area contributed by atoms with Crippen LogP contribution in [0.15, 0.2) is 47.4 Å². The Labute approximate surface area is 170 Å². The van der Waals surface area contributed by atoms with E-state index in [4.69, 9.17) is 4.74 Å². The lowest BCUT2D eigenvalue weighted by molar-refractivity contribution is 0.120. The Balaban J connectivity index is 1.69. The van der Waals surface area contributed by atoms with Crippen LogP contribution < -0.4 is 10.0 Å². The van der Waals surface area contributed by atoms with E-state index in [9.17, 15) is 8.42 Å². The lowest BCUT2D eigenvalue weighted by Gasteiger charge is -2.16. The number of sulfonamides is 1. The van der Waals surface area contributed by atoms with Crippen LogP contribution in [0.4, 0.5) is 11.6 Å². The summed E-state index contributed by atoms with van der Waals surface area (Å²) in [5, 5.41) is 3.22. The van der Waals surface area contributed by atoms with Crippen molar-refractivity contribution < 1.29 is 13.2 Å². The molecule has 8 heteroatoms. The molecule has 29 heavy (non-hydrogen) atoms. The van der Waals surface area contributed by atoms with Crippen molar-refractivity contribution in [1.29, 1.82) is 0 Å². The van der Waals surface area contributed by atoms with E-state index in [1.165, 1.54) is 0 Å². The molecule has 0 amide bonds. The average Bonchev–Trinajstić information content (AvgIpc) is 3.19. The lowest BCUT2D eigenvalue weighted by Crippen LogP contribution is -2.22. The molecule has 0 radical (unpaired) electrons. The van der Waals surface area contributed by atoms with E-state index in [1.54, 1.807) is 25.1 Å². The molecule has 0 saturated carbocycles. The number of benzene rings is 2. The smallest absolute Gasteiger partial charge is 0.263 e. The van der Waals surface area contributed by atoms with E-state index >= 15 is 0 Å². The molecule has 1 fully saturated rings. The number of nitrogens with zero attached hydrogens (tertiary/aromatic N) is 2. The number of nitrogens with one attached hydrogen (secondary N) is 2. The number of anilines is 2. The molecule has 3 aromatic rings. The van der Waals surface area contributed by atoms with Crippen LogP contribution in [-0.2, 0) is 14.8 Å². The number of rotatable bonds is 6. The van der Waals surface area contributed by atoms with Gasteiger partial charge in [-0.05, 0) is 50.5 Å². The van der Waals surface area contributed by atoms with E-state index in [1.807, 2.05) is 31.2 Å². The molecule has 1 aliphatic rings. The van der Waals surface area contributed by atoms with Crippen LogP contribution in [0.5, 0.6) is 0 Å². The van der Waals surface area contributed by atoms with Crippen LogP contribution in [0.1, 0.15) is 24.0 Å². The molecule has 7 nitrogen and oxygen atoms in total. The van der Waals surface area contributed by atoms with Gasteiger partial charge in [0.25, 0.3) is 10.0 Å². The molecular weight excluding hydrogens is 388 g/mol. The Morgan fingerprint density at radius 2 is 1.79 bits per heavy atom. The number of hydrogen-bond donors (Lipinski definition) is 2. The molecule has 1 aliphatic heterocycles. The molecule has 1 saturated heterocycles.